The van der Waals surface area contributed by atoms with E-state index in [2.05, 4.69) is 15.3 Å². The number of hydrogen-bond donors (Lipinski definition) is 2. The monoisotopic (exact) mass is 344 g/mol. The van der Waals surface area contributed by atoms with E-state index in [0.717, 1.165) is 48.5 Å². The van der Waals surface area contributed by atoms with Gasteiger partial charge in [0.1, 0.15) is 0 Å². The van der Waals surface area contributed by atoms with E-state index in [-0.39, 0.29) is 17.4 Å². The van der Waals surface area contributed by atoms with Crippen LogP contribution in [0.3, 0.4) is 0 Å². The summed E-state index contributed by atoms with van der Waals surface area (Å²) in [6, 6.07) is 5.80. The lowest BCUT2D eigenvalue weighted by Crippen LogP contribution is -2.53. The van der Waals surface area contributed by atoms with Crippen molar-refractivity contribution < 1.29 is 4.79 Å². The molecule has 2 aromatic heterocycles. The van der Waals surface area contributed by atoms with Crippen LogP contribution in [0.25, 0.3) is 11.4 Å². The van der Waals surface area contributed by atoms with E-state index in [4.69, 9.17) is 5.73 Å². The third-order valence-electron chi connectivity index (χ3n) is 4.69. The number of rotatable bonds is 5. The van der Waals surface area contributed by atoms with Crippen LogP contribution >= 0.6 is 11.3 Å². The molecule has 2 aromatic rings. The van der Waals surface area contributed by atoms with Gasteiger partial charge in [-0.05, 0) is 31.9 Å². The minimum Gasteiger partial charge on any atom is -0.355 e. The molecule has 0 saturated heterocycles. The van der Waals surface area contributed by atoms with Crippen LogP contribution in [-0.2, 0) is 11.2 Å². The first-order chi connectivity index (χ1) is 11.6. The van der Waals surface area contributed by atoms with Crippen molar-refractivity contribution >= 4 is 17.2 Å². The molecule has 0 radical (unpaired) electrons. The van der Waals surface area contributed by atoms with Crippen LogP contribution in [0.4, 0.5) is 0 Å². The molecule has 24 heavy (non-hydrogen) atoms. The molecule has 0 bridgehead atoms. The van der Waals surface area contributed by atoms with Gasteiger partial charge in [0.15, 0.2) is 0 Å². The van der Waals surface area contributed by atoms with Gasteiger partial charge in [0.2, 0.25) is 5.91 Å². The highest BCUT2D eigenvalue weighted by Gasteiger charge is 2.37. The molecule has 1 aliphatic rings. The number of carbonyl (C=O) groups excluding carboxylic acids is 1. The van der Waals surface area contributed by atoms with E-state index in [1.54, 1.807) is 17.5 Å². The molecular weight excluding hydrogens is 320 g/mol. The van der Waals surface area contributed by atoms with Gasteiger partial charge in [-0.2, -0.15) is 0 Å². The van der Waals surface area contributed by atoms with E-state index in [1.807, 2.05) is 30.5 Å². The van der Waals surface area contributed by atoms with Gasteiger partial charge in [-0.1, -0.05) is 18.9 Å². The van der Waals surface area contributed by atoms with Crippen molar-refractivity contribution in [1.29, 1.82) is 0 Å². The molecule has 0 aliphatic heterocycles. The zero-order valence-electron chi connectivity index (χ0n) is 14.0. The third-order valence-corrected chi connectivity index (χ3v) is 5.60. The second-order valence-corrected chi connectivity index (χ2v) is 7.63. The molecule has 1 saturated carbocycles. The predicted octanol–water partition coefficient (Wildman–Crippen LogP) is 2.77. The zero-order valence-corrected chi connectivity index (χ0v) is 14.8. The highest BCUT2D eigenvalue weighted by Crippen LogP contribution is 2.31. The number of nitrogens with one attached hydrogen (secondary N) is 1. The second-order valence-electron chi connectivity index (χ2n) is 6.69. The Morgan fingerprint density at radius 1 is 1.42 bits per heavy atom. The van der Waals surface area contributed by atoms with Crippen molar-refractivity contribution in [2.45, 2.75) is 44.6 Å². The Balaban J connectivity index is 1.52. The number of amides is 1. The van der Waals surface area contributed by atoms with Gasteiger partial charge in [0.05, 0.1) is 22.3 Å². The van der Waals surface area contributed by atoms with Crippen LogP contribution in [0.1, 0.15) is 37.6 Å². The van der Waals surface area contributed by atoms with Gasteiger partial charge in [-0.3, -0.25) is 9.78 Å². The van der Waals surface area contributed by atoms with E-state index < -0.39 is 0 Å². The largest absolute Gasteiger partial charge is 0.355 e. The van der Waals surface area contributed by atoms with Crippen LogP contribution in [0.5, 0.6) is 0 Å². The average Bonchev–Trinajstić information content (AvgIpc) is 3.04. The Morgan fingerprint density at radius 3 is 3.04 bits per heavy atom. The number of hydrogen-bond acceptors (Lipinski definition) is 5. The maximum atomic E-state index is 12.4. The minimum atomic E-state index is -0.379. The Bertz CT molecular complexity index is 683. The maximum Gasteiger partial charge on any atom is 0.224 e. The molecule has 1 amide bonds. The van der Waals surface area contributed by atoms with E-state index in [0.29, 0.717) is 6.54 Å². The fraction of sp³-hybridized carbons (Fsp3) is 0.500. The summed E-state index contributed by atoms with van der Waals surface area (Å²) in [5.41, 5.74) is 7.69. The average molecular weight is 344 g/mol. The van der Waals surface area contributed by atoms with E-state index >= 15 is 0 Å². The Kier molecular flexibility index (Phi) is 5.26. The Morgan fingerprint density at radius 2 is 2.29 bits per heavy atom. The number of nitrogens with two attached hydrogens (primary N) is 1. The molecule has 128 valence electrons. The lowest BCUT2D eigenvalue weighted by molar-refractivity contribution is -0.128. The smallest absolute Gasteiger partial charge is 0.224 e. The number of nitrogens with zero attached hydrogens (tertiary/aromatic N) is 2. The molecule has 0 aromatic carbocycles. The van der Waals surface area contributed by atoms with Gasteiger partial charge in [0.25, 0.3) is 0 Å². The van der Waals surface area contributed by atoms with Crippen LogP contribution in [0, 0.1) is 5.92 Å². The van der Waals surface area contributed by atoms with E-state index in [9.17, 15) is 4.79 Å². The fourth-order valence-corrected chi connectivity index (χ4v) is 4.05. The molecule has 0 spiro atoms. The third kappa shape index (κ3) is 3.99. The summed E-state index contributed by atoms with van der Waals surface area (Å²) < 4.78 is 0. The van der Waals surface area contributed by atoms with Gasteiger partial charge >= 0.3 is 0 Å². The first-order valence-corrected chi connectivity index (χ1v) is 9.36. The molecule has 3 rings (SSSR count). The van der Waals surface area contributed by atoms with Crippen LogP contribution in [-0.4, -0.2) is 28.0 Å². The summed E-state index contributed by atoms with van der Waals surface area (Å²) in [5.74, 6) is 0.00725. The molecule has 1 aliphatic carbocycles. The SMILES string of the molecule is CC1(N)CCCCC1C(=O)NCCc1nc(-c2ccccn2)cs1. The molecule has 3 N–H and O–H groups in total. The quantitative estimate of drug-likeness (QED) is 0.874. The molecular formula is C18H24N4OS. The maximum absolute atomic E-state index is 12.4. The Hall–Kier alpha value is -1.79. The lowest BCUT2D eigenvalue weighted by atomic mass is 9.74. The number of aromatic nitrogens is 2. The Labute approximate surface area is 146 Å². The summed E-state index contributed by atoms with van der Waals surface area (Å²) >= 11 is 1.60. The van der Waals surface area contributed by atoms with Gasteiger partial charge in [-0.15, -0.1) is 11.3 Å². The van der Waals surface area contributed by atoms with Crippen molar-refractivity contribution in [3.8, 4) is 11.4 Å². The number of pyridine rings is 1. The number of thiazole rings is 1. The minimum absolute atomic E-state index is 0.0772. The van der Waals surface area contributed by atoms with Crippen molar-refractivity contribution in [3.05, 3.63) is 34.8 Å². The molecule has 2 heterocycles. The number of carbonyl (C=O) groups is 1. The van der Waals surface area contributed by atoms with Crippen molar-refractivity contribution in [2.75, 3.05) is 6.54 Å². The van der Waals surface area contributed by atoms with Crippen molar-refractivity contribution in [2.24, 2.45) is 11.7 Å². The zero-order chi connectivity index (χ0) is 17.0. The highest BCUT2D eigenvalue weighted by molar-refractivity contribution is 7.09. The van der Waals surface area contributed by atoms with Crippen LogP contribution in [0.15, 0.2) is 29.8 Å². The van der Waals surface area contributed by atoms with E-state index in [1.165, 1.54) is 0 Å². The first-order valence-electron chi connectivity index (χ1n) is 8.49. The van der Waals surface area contributed by atoms with Crippen molar-refractivity contribution in [3.63, 3.8) is 0 Å². The van der Waals surface area contributed by atoms with Crippen LogP contribution < -0.4 is 11.1 Å². The van der Waals surface area contributed by atoms with Gasteiger partial charge in [-0.25, -0.2) is 4.98 Å². The lowest BCUT2D eigenvalue weighted by Gasteiger charge is -2.37. The predicted molar refractivity (Wildman–Crippen MR) is 96.6 cm³/mol. The summed E-state index contributed by atoms with van der Waals surface area (Å²) in [4.78, 5) is 21.3. The molecule has 2 unspecified atom stereocenters. The standard InChI is InChI=1S/C18H24N4OS/c1-18(19)9-4-2-6-13(18)17(23)21-11-8-16-22-15(12-24-16)14-7-3-5-10-20-14/h3,5,7,10,12-13H,2,4,6,8-9,11,19H2,1H3,(H,21,23). The van der Waals surface area contributed by atoms with Gasteiger partial charge < -0.3 is 11.1 Å². The second kappa shape index (κ2) is 7.40. The molecule has 5 nitrogen and oxygen atoms in total. The van der Waals surface area contributed by atoms with Crippen molar-refractivity contribution in [1.82, 2.24) is 15.3 Å². The first kappa shape index (κ1) is 17.0. The summed E-state index contributed by atoms with van der Waals surface area (Å²) in [6.07, 6.45) is 6.52. The molecule has 6 heteroatoms. The summed E-state index contributed by atoms with van der Waals surface area (Å²) in [6.45, 7) is 2.59. The molecule has 2 atom stereocenters. The molecule has 1 fully saturated rings. The summed E-state index contributed by atoms with van der Waals surface area (Å²) in [7, 11) is 0. The highest BCUT2D eigenvalue weighted by atomic mass is 32.1. The van der Waals surface area contributed by atoms with Crippen LogP contribution in [0.2, 0.25) is 0 Å². The topological polar surface area (TPSA) is 80.9 Å². The van der Waals surface area contributed by atoms with Gasteiger partial charge in [0, 0.05) is 30.1 Å². The normalized spacial score (nSPS) is 23.8. The summed E-state index contributed by atoms with van der Waals surface area (Å²) in [5, 5.41) is 6.06. The fourth-order valence-electron chi connectivity index (χ4n) is 3.26.